The maximum absolute atomic E-state index is 5.51. The monoisotopic (exact) mass is 290 g/mol. The van der Waals surface area contributed by atoms with E-state index in [9.17, 15) is 0 Å². The summed E-state index contributed by atoms with van der Waals surface area (Å²) < 4.78 is 7.26. The van der Waals surface area contributed by atoms with Crippen molar-refractivity contribution >= 4 is 11.6 Å². The second kappa shape index (κ2) is 5.57. The maximum Gasteiger partial charge on any atom is 0.254 e. The lowest BCUT2D eigenvalue weighted by molar-refractivity contribution is -0.000682. The molecule has 0 saturated carbocycles. The van der Waals surface area contributed by atoms with Gasteiger partial charge in [0.1, 0.15) is 12.1 Å². The van der Waals surface area contributed by atoms with E-state index in [1.165, 1.54) is 6.33 Å². The highest BCUT2D eigenvalue weighted by Gasteiger charge is 2.34. The van der Waals surface area contributed by atoms with Crippen molar-refractivity contribution < 1.29 is 4.74 Å². The van der Waals surface area contributed by atoms with E-state index in [-0.39, 0.29) is 5.54 Å². The minimum absolute atomic E-state index is 0.113. The first-order chi connectivity index (χ1) is 10.1. The Balaban J connectivity index is 1.83. The molecule has 0 unspecified atom stereocenters. The molecule has 1 aliphatic heterocycles. The van der Waals surface area contributed by atoms with Crippen LogP contribution >= 0.6 is 0 Å². The van der Waals surface area contributed by atoms with Gasteiger partial charge in [-0.3, -0.25) is 0 Å². The van der Waals surface area contributed by atoms with Crippen molar-refractivity contribution in [1.82, 2.24) is 24.5 Å². The zero-order chi connectivity index (χ0) is 14.9. The SMILES string of the molecule is Cc1cc(NCC2(N(C)C)CCOCC2)n2ncnc2n1. The van der Waals surface area contributed by atoms with Crippen LogP contribution in [-0.4, -0.2) is 63.9 Å². The summed E-state index contributed by atoms with van der Waals surface area (Å²) in [4.78, 5) is 10.8. The second-order valence-corrected chi connectivity index (χ2v) is 5.84. The molecule has 21 heavy (non-hydrogen) atoms. The first-order valence-electron chi connectivity index (χ1n) is 7.27. The van der Waals surface area contributed by atoms with Gasteiger partial charge in [-0.1, -0.05) is 0 Å². The number of aromatic nitrogens is 4. The van der Waals surface area contributed by atoms with Gasteiger partial charge in [0.2, 0.25) is 0 Å². The van der Waals surface area contributed by atoms with Crippen LogP contribution in [0.15, 0.2) is 12.4 Å². The standard InChI is InChI=1S/C14H22N6O/c1-11-8-12(20-13(18-11)16-10-17-20)15-9-14(19(2)3)4-6-21-7-5-14/h8,10,15H,4-7,9H2,1-3H3. The Morgan fingerprint density at radius 3 is 2.86 bits per heavy atom. The number of likely N-dealkylation sites (N-methyl/N-ethyl adjacent to an activating group) is 1. The van der Waals surface area contributed by atoms with Crippen LogP contribution in [0, 0.1) is 6.92 Å². The normalized spacial score (nSPS) is 18.3. The van der Waals surface area contributed by atoms with Crippen LogP contribution in [0.4, 0.5) is 5.82 Å². The van der Waals surface area contributed by atoms with Gasteiger partial charge in [-0.2, -0.15) is 14.6 Å². The Morgan fingerprint density at radius 1 is 1.38 bits per heavy atom. The maximum atomic E-state index is 5.51. The van der Waals surface area contributed by atoms with Crippen LogP contribution in [0.3, 0.4) is 0 Å². The molecule has 0 aliphatic carbocycles. The summed E-state index contributed by atoms with van der Waals surface area (Å²) in [5, 5.41) is 7.76. The molecule has 7 nitrogen and oxygen atoms in total. The van der Waals surface area contributed by atoms with Gasteiger partial charge in [0.05, 0.1) is 0 Å². The van der Waals surface area contributed by atoms with E-state index < -0.39 is 0 Å². The number of anilines is 1. The van der Waals surface area contributed by atoms with E-state index in [1.807, 2.05) is 13.0 Å². The molecule has 0 amide bonds. The van der Waals surface area contributed by atoms with Crippen LogP contribution in [0.1, 0.15) is 18.5 Å². The summed E-state index contributed by atoms with van der Waals surface area (Å²) in [5.41, 5.74) is 1.05. The van der Waals surface area contributed by atoms with Gasteiger partial charge in [0, 0.05) is 37.1 Å². The van der Waals surface area contributed by atoms with Crippen molar-refractivity contribution in [2.75, 3.05) is 39.2 Å². The summed E-state index contributed by atoms with van der Waals surface area (Å²) in [5.74, 6) is 1.56. The zero-order valence-electron chi connectivity index (χ0n) is 12.8. The van der Waals surface area contributed by atoms with Crippen molar-refractivity contribution in [3.8, 4) is 0 Å². The summed E-state index contributed by atoms with van der Waals surface area (Å²) in [6, 6.07) is 2.00. The van der Waals surface area contributed by atoms with Gasteiger partial charge in [0.25, 0.3) is 5.78 Å². The van der Waals surface area contributed by atoms with Crippen LogP contribution in [0.5, 0.6) is 0 Å². The lowest BCUT2D eigenvalue weighted by Gasteiger charge is -2.43. The Kier molecular flexibility index (Phi) is 3.77. The van der Waals surface area contributed by atoms with Gasteiger partial charge in [-0.15, -0.1) is 0 Å². The molecule has 2 aromatic heterocycles. The molecule has 3 rings (SSSR count). The number of nitrogens with one attached hydrogen (secondary N) is 1. The lowest BCUT2D eigenvalue weighted by Crippen LogP contribution is -2.53. The van der Waals surface area contributed by atoms with Gasteiger partial charge in [0.15, 0.2) is 0 Å². The van der Waals surface area contributed by atoms with Crippen molar-refractivity contribution in [2.24, 2.45) is 0 Å². The second-order valence-electron chi connectivity index (χ2n) is 5.84. The molecule has 1 aliphatic rings. The van der Waals surface area contributed by atoms with E-state index in [0.29, 0.717) is 5.78 Å². The van der Waals surface area contributed by atoms with Crippen molar-refractivity contribution in [3.63, 3.8) is 0 Å². The molecule has 0 aromatic carbocycles. The fourth-order valence-corrected chi connectivity index (χ4v) is 2.85. The number of nitrogens with zero attached hydrogens (tertiary/aromatic N) is 5. The molecule has 0 atom stereocenters. The van der Waals surface area contributed by atoms with Crippen LogP contribution in [0.2, 0.25) is 0 Å². The van der Waals surface area contributed by atoms with Crippen LogP contribution in [0.25, 0.3) is 5.78 Å². The van der Waals surface area contributed by atoms with E-state index in [1.54, 1.807) is 4.52 Å². The molecule has 3 heterocycles. The van der Waals surface area contributed by atoms with E-state index in [0.717, 1.165) is 44.1 Å². The van der Waals surface area contributed by atoms with Crippen LogP contribution in [-0.2, 0) is 4.74 Å². The lowest BCUT2D eigenvalue weighted by atomic mass is 9.88. The van der Waals surface area contributed by atoms with Crippen molar-refractivity contribution in [1.29, 1.82) is 0 Å². The van der Waals surface area contributed by atoms with E-state index in [4.69, 9.17) is 4.74 Å². The van der Waals surface area contributed by atoms with Gasteiger partial charge in [-0.25, -0.2) is 4.98 Å². The largest absolute Gasteiger partial charge is 0.381 e. The van der Waals surface area contributed by atoms with Gasteiger partial charge < -0.3 is 15.0 Å². The highest BCUT2D eigenvalue weighted by molar-refractivity contribution is 5.45. The average molecular weight is 290 g/mol. The number of fused-ring (bicyclic) bond motifs is 1. The molecule has 1 fully saturated rings. The minimum atomic E-state index is 0.113. The summed E-state index contributed by atoms with van der Waals surface area (Å²) in [7, 11) is 4.27. The molecule has 114 valence electrons. The zero-order valence-corrected chi connectivity index (χ0v) is 12.8. The van der Waals surface area contributed by atoms with Crippen molar-refractivity contribution in [3.05, 3.63) is 18.1 Å². The first-order valence-corrected chi connectivity index (χ1v) is 7.27. The molecule has 1 N–H and O–H groups in total. The molecule has 2 aromatic rings. The molecular weight excluding hydrogens is 268 g/mol. The highest BCUT2D eigenvalue weighted by atomic mass is 16.5. The summed E-state index contributed by atoms with van der Waals surface area (Å²) >= 11 is 0. The predicted molar refractivity (Wildman–Crippen MR) is 80.5 cm³/mol. The van der Waals surface area contributed by atoms with E-state index in [2.05, 4.69) is 39.4 Å². The number of rotatable bonds is 4. The van der Waals surface area contributed by atoms with Crippen molar-refractivity contribution in [2.45, 2.75) is 25.3 Å². The molecule has 0 bridgehead atoms. The molecule has 0 spiro atoms. The average Bonchev–Trinajstić information content (AvgIpc) is 2.93. The Morgan fingerprint density at radius 2 is 2.14 bits per heavy atom. The third-order valence-corrected chi connectivity index (χ3v) is 4.35. The quantitative estimate of drug-likeness (QED) is 0.904. The fraction of sp³-hybridized carbons (Fsp3) is 0.643. The molecular formula is C14H22N6O. The third kappa shape index (κ3) is 2.71. The smallest absolute Gasteiger partial charge is 0.254 e. The minimum Gasteiger partial charge on any atom is -0.381 e. The number of aryl methyl sites for hydroxylation is 1. The third-order valence-electron chi connectivity index (χ3n) is 4.35. The topological polar surface area (TPSA) is 67.6 Å². The number of hydrogen-bond acceptors (Lipinski definition) is 6. The summed E-state index contributed by atoms with van der Waals surface area (Å²) in [6.07, 6.45) is 3.58. The predicted octanol–water partition coefficient (Wildman–Crippen LogP) is 0.955. The first kappa shape index (κ1) is 14.2. The van der Waals surface area contributed by atoms with Gasteiger partial charge in [-0.05, 0) is 33.9 Å². The Labute approximate surface area is 124 Å². The van der Waals surface area contributed by atoms with Crippen LogP contribution < -0.4 is 5.32 Å². The molecule has 0 radical (unpaired) electrons. The number of hydrogen-bond donors (Lipinski definition) is 1. The highest BCUT2D eigenvalue weighted by Crippen LogP contribution is 2.26. The van der Waals surface area contributed by atoms with E-state index >= 15 is 0 Å². The Hall–Kier alpha value is -1.73. The molecule has 7 heteroatoms. The summed E-state index contributed by atoms with van der Waals surface area (Å²) in [6.45, 7) is 4.44. The fourth-order valence-electron chi connectivity index (χ4n) is 2.85. The molecule has 1 saturated heterocycles. The number of ether oxygens (including phenoxy) is 1. The van der Waals surface area contributed by atoms with Gasteiger partial charge >= 0.3 is 0 Å². The Bertz CT molecular complexity index is 617.